The van der Waals surface area contributed by atoms with Crippen molar-refractivity contribution in [1.29, 1.82) is 0 Å². The zero-order valence-electron chi connectivity index (χ0n) is 11.6. The smallest absolute Gasteiger partial charge is 0.208 e. The fourth-order valence-corrected chi connectivity index (χ4v) is 3.12. The number of para-hydroxylation sites is 1. The fraction of sp³-hybridized carbons (Fsp3) is 0.571. The molecule has 0 aliphatic carbocycles. The van der Waals surface area contributed by atoms with Gasteiger partial charge in [-0.05, 0) is 37.8 Å². The summed E-state index contributed by atoms with van der Waals surface area (Å²) in [5.74, 6) is 0. The third kappa shape index (κ3) is 3.94. The van der Waals surface area contributed by atoms with E-state index in [2.05, 4.69) is 40.8 Å². The molecule has 5 heteroatoms. The van der Waals surface area contributed by atoms with Crippen LogP contribution in [-0.2, 0) is 16.4 Å². The molecular formula is C14H22N2O2S. The van der Waals surface area contributed by atoms with Gasteiger partial charge in [0.05, 0.1) is 6.26 Å². The molecule has 106 valence electrons. The summed E-state index contributed by atoms with van der Waals surface area (Å²) >= 11 is 0. The molecule has 0 aromatic heterocycles. The number of rotatable bonds is 5. The van der Waals surface area contributed by atoms with E-state index in [0.29, 0.717) is 12.6 Å². The van der Waals surface area contributed by atoms with E-state index in [1.54, 1.807) is 0 Å². The molecule has 0 saturated carbocycles. The summed E-state index contributed by atoms with van der Waals surface area (Å²) in [4.78, 5) is 2.39. The standard InChI is InChI=1S/C14H22N2O2S/c1-12-8-9-13-6-3-4-7-14(13)16(12)11-5-10-15-19(2,17)18/h3-4,6-7,12,15H,5,8-11H2,1-2H3/t12-/m1/s1. The molecule has 1 heterocycles. The minimum Gasteiger partial charge on any atom is -0.369 e. The van der Waals surface area contributed by atoms with Gasteiger partial charge in [0.25, 0.3) is 0 Å². The first kappa shape index (κ1) is 14.3. The number of nitrogens with one attached hydrogen (secondary N) is 1. The predicted molar refractivity (Wildman–Crippen MR) is 79.0 cm³/mol. The summed E-state index contributed by atoms with van der Waals surface area (Å²) in [5, 5.41) is 0. The summed E-state index contributed by atoms with van der Waals surface area (Å²) < 4.78 is 24.6. The van der Waals surface area contributed by atoms with Crippen LogP contribution in [0.2, 0.25) is 0 Å². The van der Waals surface area contributed by atoms with Gasteiger partial charge < -0.3 is 4.90 Å². The number of sulfonamides is 1. The lowest BCUT2D eigenvalue weighted by molar-refractivity contribution is 0.546. The Balaban J connectivity index is 1.96. The van der Waals surface area contributed by atoms with Crippen LogP contribution in [0.5, 0.6) is 0 Å². The van der Waals surface area contributed by atoms with E-state index in [4.69, 9.17) is 0 Å². The van der Waals surface area contributed by atoms with E-state index in [-0.39, 0.29) is 0 Å². The first-order valence-corrected chi connectivity index (χ1v) is 8.66. The monoisotopic (exact) mass is 282 g/mol. The van der Waals surface area contributed by atoms with Gasteiger partial charge in [0.1, 0.15) is 0 Å². The Morgan fingerprint density at radius 1 is 1.37 bits per heavy atom. The Kier molecular flexibility index (Phi) is 4.47. The number of hydrogen-bond donors (Lipinski definition) is 1. The third-order valence-corrected chi connectivity index (χ3v) is 4.33. The minimum absolute atomic E-state index is 0.504. The average Bonchev–Trinajstić information content (AvgIpc) is 2.35. The highest BCUT2D eigenvalue weighted by molar-refractivity contribution is 7.88. The molecule has 0 radical (unpaired) electrons. The van der Waals surface area contributed by atoms with E-state index in [1.165, 1.54) is 17.5 Å². The van der Waals surface area contributed by atoms with Crippen LogP contribution in [-0.4, -0.2) is 33.8 Å². The van der Waals surface area contributed by atoms with Gasteiger partial charge in [0.15, 0.2) is 0 Å². The molecule has 0 spiro atoms. The molecule has 1 atom stereocenters. The van der Waals surface area contributed by atoms with E-state index in [0.717, 1.165) is 25.8 Å². The van der Waals surface area contributed by atoms with Crippen LogP contribution in [0.4, 0.5) is 5.69 Å². The Labute approximate surface area is 115 Å². The van der Waals surface area contributed by atoms with Gasteiger partial charge in [-0.1, -0.05) is 18.2 Å². The number of nitrogens with zero attached hydrogens (tertiary/aromatic N) is 1. The molecule has 1 aromatic rings. The number of anilines is 1. The van der Waals surface area contributed by atoms with Crippen LogP contribution in [0.3, 0.4) is 0 Å². The van der Waals surface area contributed by atoms with Crippen molar-refractivity contribution in [1.82, 2.24) is 4.72 Å². The zero-order chi connectivity index (χ0) is 13.9. The van der Waals surface area contributed by atoms with Crippen molar-refractivity contribution < 1.29 is 8.42 Å². The third-order valence-electron chi connectivity index (χ3n) is 3.60. The molecule has 4 nitrogen and oxygen atoms in total. The maximum absolute atomic E-state index is 11.0. The molecule has 1 aromatic carbocycles. The molecule has 19 heavy (non-hydrogen) atoms. The van der Waals surface area contributed by atoms with Crippen molar-refractivity contribution in [3.05, 3.63) is 29.8 Å². The topological polar surface area (TPSA) is 49.4 Å². The quantitative estimate of drug-likeness (QED) is 0.837. The second kappa shape index (κ2) is 5.92. The lowest BCUT2D eigenvalue weighted by atomic mass is 9.96. The summed E-state index contributed by atoms with van der Waals surface area (Å²) in [6.07, 6.45) is 4.32. The van der Waals surface area contributed by atoms with Crippen molar-refractivity contribution in [3.8, 4) is 0 Å². The number of fused-ring (bicyclic) bond motifs is 1. The largest absolute Gasteiger partial charge is 0.369 e. The van der Waals surface area contributed by atoms with Gasteiger partial charge in [-0.15, -0.1) is 0 Å². The molecule has 1 aliphatic heterocycles. The molecule has 0 fully saturated rings. The van der Waals surface area contributed by atoms with E-state index in [1.807, 2.05) is 0 Å². The van der Waals surface area contributed by atoms with Crippen LogP contribution in [0, 0.1) is 0 Å². The van der Waals surface area contributed by atoms with Gasteiger partial charge in [-0.2, -0.15) is 0 Å². The molecule has 2 rings (SSSR count). The van der Waals surface area contributed by atoms with Gasteiger partial charge in [0, 0.05) is 24.8 Å². The molecule has 1 aliphatic rings. The fourth-order valence-electron chi connectivity index (χ4n) is 2.61. The normalized spacial score (nSPS) is 19.3. The first-order chi connectivity index (χ1) is 8.97. The average molecular weight is 282 g/mol. The highest BCUT2D eigenvalue weighted by Crippen LogP contribution is 2.30. The summed E-state index contributed by atoms with van der Waals surface area (Å²) in [7, 11) is -3.07. The van der Waals surface area contributed by atoms with Gasteiger partial charge in [-0.25, -0.2) is 13.1 Å². The van der Waals surface area contributed by atoms with Crippen molar-refractivity contribution in [2.45, 2.75) is 32.2 Å². The molecule has 0 bridgehead atoms. The molecule has 0 amide bonds. The highest BCUT2D eigenvalue weighted by atomic mass is 32.2. The Bertz CT molecular complexity index is 528. The first-order valence-electron chi connectivity index (χ1n) is 6.76. The van der Waals surface area contributed by atoms with Gasteiger partial charge in [-0.3, -0.25) is 0 Å². The van der Waals surface area contributed by atoms with Crippen LogP contribution >= 0.6 is 0 Å². The number of aryl methyl sites for hydroxylation is 1. The highest BCUT2D eigenvalue weighted by Gasteiger charge is 2.21. The Hall–Kier alpha value is -1.07. The minimum atomic E-state index is -3.07. The van der Waals surface area contributed by atoms with Crippen molar-refractivity contribution in [2.75, 3.05) is 24.2 Å². The van der Waals surface area contributed by atoms with Crippen molar-refractivity contribution in [3.63, 3.8) is 0 Å². The maximum atomic E-state index is 11.0. The lowest BCUT2D eigenvalue weighted by Gasteiger charge is -2.37. The molecule has 1 N–H and O–H groups in total. The molecular weight excluding hydrogens is 260 g/mol. The van der Waals surface area contributed by atoms with E-state index >= 15 is 0 Å². The van der Waals surface area contributed by atoms with E-state index < -0.39 is 10.0 Å². The van der Waals surface area contributed by atoms with E-state index in [9.17, 15) is 8.42 Å². The van der Waals surface area contributed by atoms with Gasteiger partial charge >= 0.3 is 0 Å². The molecule has 0 saturated heterocycles. The molecule has 0 unspecified atom stereocenters. The summed E-state index contributed by atoms with van der Waals surface area (Å²) in [6.45, 7) is 3.63. The second-order valence-electron chi connectivity index (χ2n) is 5.23. The summed E-state index contributed by atoms with van der Waals surface area (Å²) in [6, 6.07) is 9.02. The van der Waals surface area contributed by atoms with Gasteiger partial charge in [0.2, 0.25) is 10.0 Å². The number of benzene rings is 1. The van der Waals surface area contributed by atoms with Crippen molar-refractivity contribution in [2.24, 2.45) is 0 Å². The van der Waals surface area contributed by atoms with Crippen LogP contribution in [0.25, 0.3) is 0 Å². The van der Waals surface area contributed by atoms with Crippen molar-refractivity contribution >= 4 is 15.7 Å². The SMILES string of the molecule is C[C@@H]1CCc2ccccc2N1CCCNS(C)(=O)=O. The summed E-state index contributed by atoms with van der Waals surface area (Å²) in [5.41, 5.74) is 2.71. The number of hydrogen-bond acceptors (Lipinski definition) is 3. The van der Waals surface area contributed by atoms with Crippen LogP contribution in [0.15, 0.2) is 24.3 Å². The Morgan fingerprint density at radius 3 is 2.84 bits per heavy atom. The van der Waals surface area contributed by atoms with Crippen LogP contribution in [0.1, 0.15) is 25.3 Å². The van der Waals surface area contributed by atoms with Crippen LogP contribution < -0.4 is 9.62 Å². The lowest BCUT2D eigenvalue weighted by Crippen LogP contribution is -2.39. The second-order valence-corrected chi connectivity index (χ2v) is 7.06. The predicted octanol–water partition coefficient (Wildman–Crippen LogP) is 1.77. The Morgan fingerprint density at radius 2 is 2.11 bits per heavy atom. The maximum Gasteiger partial charge on any atom is 0.208 e. The zero-order valence-corrected chi connectivity index (χ0v) is 12.4.